The summed E-state index contributed by atoms with van der Waals surface area (Å²) < 4.78 is 0. The first-order valence-electron chi connectivity index (χ1n) is 6.20. The molecule has 1 aliphatic rings. The van der Waals surface area contributed by atoms with Crippen molar-refractivity contribution < 1.29 is 0 Å². The summed E-state index contributed by atoms with van der Waals surface area (Å²) in [6.07, 6.45) is 4.12. The quantitative estimate of drug-likeness (QED) is 0.805. The van der Waals surface area contributed by atoms with E-state index in [1.807, 2.05) is 13.1 Å². The Bertz CT molecular complexity index is 355. The van der Waals surface area contributed by atoms with E-state index < -0.39 is 0 Å². The molecule has 0 aromatic carbocycles. The van der Waals surface area contributed by atoms with Gasteiger partial charge in [0.15, 0.2) is 0 Å². The predicted molar refractivity (Wildman–Crippen MR) is 70.3 cm³/mol. The lowest BCUT2D eigenvalue weighted by atomic mass is 10.1. The minimum absolute atomic E-state index is 0.832. The van der Waals surface area contributed by atoms with Crippen molar-refractivity contribution in [3.8, 4) is 0 Å². The Hall–Kier alpha value is -1.36. The third kappa shape index (κ3) is 3.56. The maximum atomic E-state index is 4.19. The molecule has 1 aliphatic heterocycles. The molecule has 2 rings (SSSR count). The Labute approximate surface area is 103 Å². The zero-order chi connectivity index (χ0) is 12.1. The van der Waals surface area contributed by atoms with E-state index in [4.69, 9.17) is 0 Å². The molecule has 0 aliphatic carbocycles. The second kappa shape index (κ2) is 5.82. The van der Waals surface area contributed by atoms with Crippen molar-refractivity contribution in [2.24, 2.45) is 5.92 Å². The van der Waals surface area contributed by atoms with Gasteiger partial charge in [0.05, 0.1) is 0 Å². The third-order valence-corrected chi connectivity index (χ3v) is 3.27. The molecule has 5 heteroatoms. The third-order valence-electron chi connectivity index (χ3n) is 3.27. The summed E-state index contributed by atoms with van der Waals surface area (Å²) in [5, 5.41) is 6.36. The molecule has 1 aromatic heterocycles. The number of hydrogen-bond acceptors (Lipinski definition) is 5. The highest BCUT2D eigenvalue weighted by atomic mass is 15.1. The Morgan fingerprint density at radius 1 is 1.41 bits per heavy atom. The minimum atomic E-state index is 0.832. The van der Waals surface area contributed by atoms with Crippen LogP contribution in [0.2, 0.25) is 0 Å². The number of anilines is 2. The van der Waals surface area contributed by atoms with E-state index in [9.17, 15) is 0 Å². The molecule has 0 amide bonds. The van der Waals surface area contributed by atoms with E-state index >= 15 is 0 Å². The van der Waals surface area contributed by atoms with Crippen LogP contribution in [0.4, 0.5) is 11.6 Å². The number of nitrogens with one attached hydrogen (secondary N) is 2. The number of nitrogens with zero attached hydrogens (tertiary/aromatic N) is 3. The monoisotopic (exact) mass is 235 g/mol. The van der Waals surface area contributed by atoms with Gasteiger partial charge in [-0.1, -0.05) is 0 Å². The number of aromatic nitrogens is 2. The van der Waals surface area contributed by atoms with Gasteiger partial charge in [0.1, 0.15) is 18.0 Å². The Balaban J connectivity index is 1.74. The van der Waals surface area contributed by atoms with Crippen molar-refractivity contribution >= 4 is 11.6 Å². The first-order chi connectivity index (χ1) is 8.28. The normalized spacial score (nSPS) is 20.5. The first kappa shape index (κ1) is 12.1. The fourth-order valence-electron chi connectivity index (χ4n) is 2.26. The van der Waals surface area contributed by atoms with Gasteiger partial charge in [0.2, 0.25) is 0 Å². The second-order valence-corrected chi connectivity index (χ2v) is 4.67. The molecule has 0 radical (unpaired) electrons. The molecule has 5 nitrogen and oxygen atoms in total. The van der Waals surface area contributed by atoms with Crippen molar-refractivity contribution in [2.45, 2.75) is 12.8 Å². The molecule has 1 atom stereocenters. The molecule has 2 N–H and O–H groups in total. The molecule has 2 heterocycles. The summed E-state index contributed by atoms with van der Waals surface area (Å²) >= 11 is 0. The summed E-state index contributed by atoms with van der Waals surface area (Å²) in [4.78, 5) is 10.7. The minimum Gasteiger partial charge on any atom is -0.373 e. The van der Waals surface area contributed by atoms with Crippen molar-refractivity contribution in [3.63, 3.8) is 0 Å². The Kier molecular flexibility index (Phi) is 4.14. The van der Waals surface area contributed by atoms with Crippen LogP contribution >= 0.6 is 0 Å². The van der Waals surface area contributed by atoms with Gasteiger partial charge >= 0.3 is 0 Å². The van der Waals surface area contributed by atoms with E-state index in [0.717, 1.165) is 24.1 Å². The molecule has 1 aromatic rings. The van der Waals surface area contributed by atoms with Crippen LogP contribution in [0, 0.1) is 5.92 Å². The highest BCUT2D eigenvalue weighted by Crippen LogP contribution is 2.18. The van der Waals surface area contributed by atoms with Crippen LogP contribution in [0.25, 0.3) is 0 Å². The Morgan fingerprint density at radius 3 is 2.94 bits per heavy atom. The summed E-state index contributed by atoms with van der Waals surface area (Å²) in [6.45, 7) is 3.45. The summed E-state index contributed by atoms with van der Waals surface area (Å²) in [6, 6.07) is 1.93. The van der Waals surface area contributed by atoms with Gasteiger partial charge < -0.3 is 15.5 Å². The molecule has 0 bridgehead atoms. The van der Waals surface area contributed by atoms with Gasteiger partial charge in [-0.2, -0.15) is 0 Å². The van der Waals surface area contributed by atoms with E-state index in [1.165, 1.54) is 25.9 Å². The van der Waals surface area contributed by atoms with Gasteiger partial charge in [-0.05, 0) is 32.4 Å². The molecule has 94 valence electrons. The number of hydrogen-bond donors (Lipinski definition) is 2. The van der Waals surface area contributed by atoms with Crippen molar-refractivity contribution in [2.75, 3.05) is 44.4 Å². The lowest BCUT2D eigenvalue weighted by molar-refractivity contribution is 0.390. The lowest BCUT2D eigenvalue weighted by Gasteiger charge is -2.11. The maximum Gasteiger partial charge on any atom is 0.131 e. The van der Waals surface area contributed by atoms with Gasteiger partial charge in [0, 0.05) is 26.2 Å². The number of rotatable bonds is 5. The van der Waals surface area contributed by atoms with Crippen LogP contribution in [0.5, 0.6) is 0 Å². The predicted octanol–water partition coefficient (Wildman–Crippen LogP) is 1.27. The molecule has 1 unspecified atom stereocenters. The van der Waals surface area contributed by atoms with Crippen molar-refractivity contribution in [1.82, 2.24) is 14.9 Å². The average Bonchev–Trinajstić information content (AvgIpc) is 2.75. The molecule has 0 saturated carbocycles. The standard InChI is InChI=1S/C12H21N5/c1-13-11-7-12(16-9-15-11)14-5-3-10-4-6-17(2)8-10/h7,9-10H,3-6,8H2,1-2H3,(H2,13,14,15,16). The lowest BCUT2D eigenvalue weighted by Crippen LogP contribution is -2.16. The molecule has 17 heavy (non-hydrogen) atoms. The van der Waals surface area contributed by atoms with E-state index in [1.54, 1.807) is 6.33 Å². The van der Waals surface area contributed by atoms with Crippen LogP contribution in [0.1, 0.15) is 12.8 Å². The summed E-state index contributed by atoms with van der Waals surface area (Å²) in [5.41, 5.74) is 0. The van der Waals surface area contributed by atoms with Gasteiger partial charge in [-0.15, -0.1) is 0 Å². The zero-order valence-corrected chi connectivity index (χ0v) is 10.6. The Morgan fingerprint density at radius 2 is 2.24 bits per heavy atom. The molecule has 0 spiro atoms. The smallest absolute Gasteiger partial charge is 0.131 e. The highest BCUT2D eigenvalue weighted by Gasteiger charge is 2.18. The van der Waals surface area contributed by atoms with E-state index in [0.29, 0.717) is 0 Å². The molecule has 1 saturated heterocycles. The van der Waals surface area contributed by atoms with E-state index in [-0.39, 0.29) is 0 Å². The van der Waals surface area contributed by atoms with Gasteiger partial charge in [-0.25, -0.2) is 9.97 Å². The second-order valence-electron chi connectivity index (χ2n) is 4.67. The zero-order valence-electron chi connectivity index (χ0n) is 10.6. The molecule has 1 fully saturated rings. The first-order valence-corrected chi connectivity index (χ1v) is 6.20. The molecular weight excluding hydrogens is 214 g/mol. The summed E-state index contributed by atoms with van der Waals surface area (Å²) in [7, 11) is 4.05. The van der Waals surface area contributed by atoms with Crippen LogP contribution in [-0.4, -0.2) is 48.6 Å². The highest BCUT2D eigenvalue weighted by molar-refractivity contribution is 5.45. The molecular formula is C12H21N5. The fourth-order valence-corrected chi connectivity index (χ4v) is 2.26. The van der Waals surface area contributed by atoms with E-state index in [2.05, 4.69) is 32.5 Å². The van der Waals surface area contributed by atoms with Crippen LogP contribution < -0.4 is 10.6 Å². The van der Waals surface area contributed by atoms with Gasteiger partial charge in [0.25, 0.3) is 0 Å². The van der Waals surface area contributed by atoms with Gasteiger partial charge in [-0.3, -0.25) is 0 Å². The van der Waals surface area contributed by atoms with Crippen molar-refractivity contribution in [1.29, 1.82) is 0 Å². The summed E-state index contributed by atoms with van der Waals surface area (Å²) in [5.74, 6) is 2.58. The largest absolute Gasteiger partial charge is 0.373 e. The average molecular weight is 235 g/mol. The topological polar surface area (TPSA) is 53.1 Å². The SMILES string of the molecule is CNc1cc(NCCC2CCN(C)C2)ncn1. The van der Waals surface area contributed by atoms with Crippen LogP contribution in [-0.2, 0) is 0 Å². The van der Waals surface area contributed by atoms with Crippen molar-refractivity contribution in [3.05, 3.63) is 12.4 Å². The number of likely N-dealkylation sites (tertiary alicyclic amines) is 1. The fraction of sp³-hybridized carbons (Fsp3) is 0.667. The van der Waals surface area contributed by atoms with Crippen LogP contribution in [0.3, 0.4) is 0 Å². The maximum absolute atomic E-state index is 4.19. The van der Waals surface area contributed by atoms with Crippen LogP contribution in [0.15, 0.2) is 12.4 Å².